The molecule has 2 aromatic carbocycles. The van der Waals surface area contributed by atoms with Crippen LogP contribution < -0.4 is 4.74 Å². The zero-order valence-corrected chi connectivity index (χ0v) is 15.3. The number of amides is 1. The second-order valence-electron chi connectivity index (χ2n) is 6.24. The van der Waals surface area contributed by atoms with Gasteiger partial charge in [-0.1, -0.05) is 41.0 Å². The monoisotopic (exact) mass is 386 g/mol. The largest absolute Gasteiger partial charge is 0.491 e. The molecule has 0 aliphatic carbocycles. The van der Waals surface area contributed by atoms with Gasteiger partial charge in [0.05, 0.1) is 17.1 Å². The van der Waals surface area contributed by atoms with E-state index in [-0.39, 0.29) is 27.8 Å². The van der Waals surface area contributed by atoms with Crippen LogP contribution in [-0.2, 0) is 6.54 Å². The maximum absolute atomic E-state index is 14.4. The lowest BCUT2D eigenvalue weighted by molar-refractivity contribution is 0.0732. The third-order valence-corrected chi connectivity index (χ3v) is 4.83. The van der Waals surface area contributed by atoms with E-state index < -0.39 is 5.82 Å². The Morgan fingerprint density at radius 2 is 2.04 bits per heavy atom. The number of benzene rings is 2. The van der Waals surface area contributed by atoms with E-state index in [1.165, 1.54) is 12.1 Å². The van der Waals surface area contributed by atoms with Crippen molar-refractivity contribution in [3.8, 4) is 17.0 Å². The van der Waals surface area contributed by atoms with E-state index in [1.807, 2.05) is 24.3 Å². The molecule has 138 valence electrons. The number of para-hydroxylation sites is 1. The number of fused-ring (bicyclic) bond motifs is 1. The fourth-order valence-electron chi connectivity index (χ4n) is 3.18. The number of hydrogen-bond acceptors (Lipinski definition) is 4. The molecule has 0 radical (unpaired) electrons. The number of halogens is 2. The van der Waals surface area contributed by atoms with E-state index in [2.05, 4.69) is 5.16 Å². The van der Waals surface area contributed by atoms with Gasteiger partial charge in [-0.2, -0.15) is 0 Å². The topological polar surface area (TPSA) is 55.6 Å². The summed E-state index contributed by atoms with van der Waals surface area (Å²) in [6, 6.07) is 11.9. The van der Waals surface area contributed by atoms with Gasteiger partial charge in [0, 0.05) is 12.1 Å². The van der Waals surface area contributed by atoms with Crippen LogP contribution in [0.3, 0.4) is 0 Å². The van der Waals surface area contributed by atoms with E-state index in [1.54, 1.807) is 17.9 Å². The molecule has 27 heavy (non-hydrogen) atoms. The lowest BCUT2D eigenvalue weighted by Crippen LogP contribution is -2.33. The molecule has 0 unspecified atom stereocenters. The van der Waals surface area contributed by atoms with Gasteiger partial charge >= 0.3 is 0 Å². The summed E-state index contributed by atoms with van der Waals surface area (Å²) in [7, 11) is 0. The Hall–Kier alpha value is -2.86. The normalized spacial score (nSPS) is 13.7. The molecule has 0 bridgehead atoms. The van der Waals surface area contributed by atoms with Crippen LogP contribution in [0.1, 0.15) is 21.7 Å². The summed E-state index contributed by atoms with van der Waals surface area (Å²) in [6.45, 7) is 2.76. The molecular formula is C20H16ClFN2O3. The second-order valence-corrected chi connectivity index (χ2v) is 6.65. The smallest absolute Gasteiger partial charge is 0.260 e. The van der Waals surface area contributed by atoms with Crippen LogP contribution in [0.15, 0.2) is 47.0 Å². The van der Waals surface area contributed by atoms with Crippen molar-refractivity contribution >= 4 is 17.5 Å². The molecule has 4 rings (SSSR count). The van der Waals surface area contributed by atoms with Crippen molar-refractivity contribution in [1.29, 1.82) is 0 Å². The highest BCUT2D eigenvalue weighted by molar-refractivity contribution is 6.33. The summed E-state index contributed by atoms with van der Waals surface area (Å²) in [6.07, 6.45) is 0. The quantitative estimate of drug-likeness (QED) is 0.651. The van der Waals surface area contributed by atoms with Gasteiger partial charge in [0.15, 0.2) is 0 Å². The highest BCUT2D eigenvalue weighted by Crippen LogP contribution is 2.34. The van der Waals surface area contributed by atoms with Crippen LogP contribution in [0.25, 0.3) is 11.3 Å². The number of aromatic nitrogens is 1. The Bertz CT molecular complexity index is 998. The first kappa shape index (κ1) is 17.5. The summed E-state index contributed by atoms with van der Waals surface area (Å²) in [4.78, 5) is 14.9. The maximum atomic E-state index is 14.4. The molecule has 7 heteroatoms. The molecule has 0 fully saturated rings. The van der Waals surface area contributed by atoms with Crippen LogP contribution in [-0.4, -0.2) is 29.1 Å². The summed E-state index contributed by atoms with van der Waals surface area (Å²) >= 11 is 6.16. The van der Waals surface area contributed by atoms with Crippen molar-refractivity contribution in [2.45, 2.75) is 13.5 Å². The molecule has 0 saturated carbocycles. The highest BCUT2D eigenvalue weighted by Gasteiger charge is 2.30. The first-order valence-electron chi connectivity index (χ1n) is 8.47. The van der Waals surface area contributed by atoms with E-state index in [0.717, 1.165) is 11.3 Å². The van der Waals surface area contributed by atoms with Crippen molar-refractivity contribution < 1.29 is 18.4 Å². The average Bonchev–Trinajstić information content (AvgIpc) is 2.89. The average molecular weight is 387 g/mol. The molecular weight excluding hydrogens is 371 g/mol. The molecule has 0 atom stereocenters. The SMILES string of the molecule is Cc1onc(-c2c(F)cccc2Cl)c1C(=O)N1CCOc2ccccc2C1. The van der Waals surface area contributed by atoms with Gasteiger partial charge in [-0.25, -0.2) is 4.39 Å². The van der Waals surface area contributed by atoms with Crippen LogP contribution in [0.2, 0.25) is 5.02 Å². The van der Waals surface area contributed by atoms with Gasteiger partial charge in [-0.15, -0.1) is 0 Å². The third-order valence-electron chi connectivity index (χ3n) is 4.52. The molecule has 0 N–H and O–H groups in total. The van der Waals surface area contributed by atoms with Gasteiger partial charge in [-0.3, -0.25) is 4.79 Å². The zero-order valence-electron chi connectivity index (χ0n) is 14.5. The van der Waals surface area contributed by atoms with E-state index >= 15 is 0 Å². The Kier molecular flexibility index (Phi) is 4.58. The van der Waals surface area contributed by atoms with E-state index in [0.29, 0.717) is 25.5 Å². The fraction of sp³-hybridized carbons (Fsp3) is 0.200. The van der Waals surface area contributed by atoms with Crippen LogP contribution in [0.5, 0.6) is 5.75 Å². The Morgan fingerprint density at radius 3 is 2.85 bits per heavy atom. The van der Waals surface area contributed by atoms with Crippen molar-refractivity contribution in [3.63, 3.8) is 0 Å². The van der Waals surface area contributed by atoms with Crippen molar-refractivity contribution in [1.82, 2.24) is 10.1 Å². The second kappa shape index (κ2) is 7.04. The van der Waals surface area contributed by atoms with Gasteiger partial charge in [0.1, 0.15) is 35.2 Å². The van der Waals surface area contributed by atoms with Gasteiger partial charge < -0.3 is 14.2 Å². The number of carbonyl (C=O) groups is 1. The van der Waals surface area contributed by atoms with Crippen LogP contribution >= 0.6 is 11.6 Å². The van der Waals surface area contributed by atoms with Crippen molar-refractivity contribution in [2.24, 2.45) is 0 Å². The van der Waals surface area contributed by atoms with Gasteiger partial charge in [0.25, 0.3) is 5.91 Å². The molecule has 0 saturated heterocycles. The van der Waals surface area contributed by atoms with Gasteiger partial charge in [-0.05, 0) is 25.1 Å². The Balaban J connectivity index is 1.74. The molecule has 0 spiro atoms. The van der Waals surface area contributed by atoms with E-state index in [9.17, 15) is 9.18 Å². The minimum absolute atomic E-state index is 0.0610. The lowest BCUT2D eigenvalue weighted by Gasteiger charge is -2.20. The standard InChI is InChI=1S/C20H16ClFN2O3/c1-12-17(19(23-27-12)18-14(21)6-4-7-15(18)22)20(25)24-9-10-26-16-8-3-2-5-13(16)11-24/h2-8H,9-11H2,1H3. The number of ether oxygens (including phenoxy) is 1. The number of nitrogens with zero attached hydrogens (tertiary/aromatic N) is 2. The molecule has 1 amide bonds. The highest BCUT2D eigenvalue weighted by atomic mass is 35.5. The zero-order chi connectivity index (χ0) is 19.0. The summed E-state index contributed by atoms with van der Waals surface area (Å²) in [5.74, 6) is 0.206. The first-order valence-corrected chi connectivity index (χ1v) is 8.84. The molecule has 1 aromatic heterocycles. The molecule has 1 aliphatic rings. The first-order chi connectivity index (χ1) is 13.1. The summed E-state index contributed by atoms with van der Waals surface area (Å²) in [5, 5.41) is 4.08. The number of carbonyl (C=O) groups excluding carboxylic acids is 1. The van der Waals surface area contributed by atoms with Crippen molar-refractivity contribution in [2.75, 3.05) is 13.2 Å². The fourth-order valence-corrected chi connectivity index (χ4v) is 3.43. The molecule has 2 heterocycles. The van der Waals surface area contributed by atoms with Crippen molar-refractivity contribution in [3.05, 3.63) is 70.2 Å². The molecule has 1 aliphatic heterocycles. The molecule has 5 nitrogen and oxygen atoms in total. The lowest BCUT2D eigenvalue weighted by atomic mass is 10.0. The maximum Gasteiger partial charge on any atom is 0.260 e. The minimum Gasteiger partial charge on any atom is -0.491 e. The summed E-state index contributed by atoms with van der Waals surface area (Å²) < 4.78 is 25.3. The van der Waals surface area contributed by atoms with Crippen LogP contribution in [0.4, 0.5) is 4.39 Å². The minimum atomic E-state index is -0.561. The number of rotatable bonds is 2. The number of hydrogen-bond donors (Lipinski definition) is 0. The van der Waals surface area contributed by atoms with E-state index in [4.69, 9.17) is 20.9 Å². The third kappa shape index (κ3) is 3.17. The predicted octanol–water partition coefficient (Wildman–Crippen LogP) is 4.48. The Morgan fingerprint density at radius 1 is 1.22 bits per heavy atom. The van der Waals surface area contributed by atoms with Crippen LogP contribution in [0, 0.1) is 12.7 Å². The summed E-state index contributed by atoms with van der Waals surface area (Å²) in [5.41, 5.74) is 1.29. The number of aryl methyl sites for hydroxylation is 1. The molecule has 3 aromatic rings. The Labute approximate surface area is 160 Å². The predicted molar refractivity (Wildman–Crippen MR) is 98.3 cm³/mol. The van der Waals surface area contributed by atoms with Gasteiger partial charge in [0.2, 0.25) is 0 Å².